The van der Waals surface area contributed by atoms with Crippen molar-refractivity contribution in [1.29, 1.82) is 0 Å². The monoisotopic (exact) mass is 225 g/mol. The number of carbonyl (C=O) groups excluding carboxylic acids is 1. The summed E-state index contributed by atoms with van der Waals surface area (Å²) in [7, 11) is 0. The fourth-order valence-electron chi connectivity index (χ4n) is 2.29. The summed E-state index contributed by atoms with van der Waals surface area (Å²) in [6.45, 7) is 4.61. The summed E-state index contributed by atoms with van der Waals surface area (Å²) < 4.78 is 0. The molecule has 4 nitrogen and oxygen atoms in total. The zero-order valence-electron chi connectivity index (χ0n) is 10.1. The second kappa shape index (κ2) is 5.15. The first-order valence-corrected chi connectivity index (χ1v) is 6.44. The first-order chi connectivity index (χ1) is 7.66. The van der Waals surface area contributed by atoms with Crippen molar-refractivity contribution in [2.24, 2.45) is 11.7 Å². The zero-order chi connectivity index (χ0) is 11.5. The van der Waals surface area contributed by atoms with Gasteiger partial charge in [0.25, 0.3) is 0 Å². The second-order valence-electron chi connectivity index (χ2n) is 5.26. The third-order valence-electron chi connectivity index (χ3n) is 3.51. The molecule has 1 heterocycles. The lowest BCUT2D eigenvalue weighted by molar-refractivity contribution is -0.133. The topological polar surface area (TPSA) is 58.4 Å². The molecule has 0 bridgehead atoms. The quantitative estimate of drug-likeness (QED) is 0.724. The summed E-state index contributed by atoms with van der Waals surface area (Å²) in [6.07, 6.45) is 5.04. The van der Waals surface area contributed by atoms with Gasteiger partial charge >= 0.3 is 0 Å². The molecule has 1 unspecified atom stereocenters. The molecule has 1 aliphatic carbocycles. The fourth-order valence-corrected chi connectivity index (χ4v) is 2.29. The van der Waals surface area contributed by atoms with Crippen LogP contribution >= 0.6 is 0 Å². The Labute approximate surface area is 97.6 Å². The number of piperidine rings is 1. The number of carbonyl (C=O) groups is 1. The van der Waals surface area contributed by atoms with Crippen LogP contribution in [0.2, 0.25) is 0 Å². The molecule has 92 valence electrons. The van der Waals surface area contributed by atoms with Crippen molar-refractivity contribution in [1.82, 2.24) is 10.2 Å². The summed E-state index contributed by atoms with van der Waals surface area (Å²) in [5.74, 6) is 0.998. The molecule has 3 N–H and O–H groups in total. The average molecular weight is 225 g/mol. The van der Waals surface area contributed by atoms with Crippen LogP contribution in [0.15, 0.2) is 0 Å². The first kappa shape index (κ1) is 11.9. The van der Waals surface area contributed by atoms with Gasteiger partial charge in [-0.05, 0) is 45.1 Å². The predicted octanol–water partition coefficient (Wildman–Crippen LogP) is 0.324. The van der Waals surface area contributed by atoms with E-state index in [1.165, 1.54) is 19.3 Å². The third-order valence-corrected chi connectivity index (χ3v) is 3.51. The smallest absolute Gasteiger partial charge is 0.239 e. The fraction of sp³-hybridized carbons (Fsp3) is 0.917. The maximum atomic E-state index is 11.8. The largest absolute Gasteiger partial charge is 0.340 e. The molecule has 2 fully saturated rings. The van der Waals surface area contributed by atoms with Crippen LogP contribution in [0.1, 0.15) is 32.6 Å². The highest BCUT2D eigenvalue weighted by molar-refractivity contribution is 5.81. The number of amides is 1. The highest BCUT2D eigenvalue weighted by atomic mass is 16.2. The van der Waals surface area contributed by atoms with Crippen LogP contribution in [0.25, 0.3) is 0 Å². The van der Waals surface area contributed by atoms with Gasteiger partial charge in [0.1, 0.15) is 0 Å². The van der Waals surface area contributed by atoms with E-state index in [0.29, 0.717) is 6.04 Å². The summed E-state index contributed by atoms with van der Waals surface area (Å²) in [6, 6.07) is 0.124. The molecule has 1 amide bonds. The number of nitrogens with two attached hydrogens (primary N) is 1. The van der Waals surface area contributed by atoms with Crippen LogP contribution < -0.4 is 11.1 Å². The number of hydrogen-bond acceptors (Lipinski definition) is 3. The van der Waals surface area contributed by atoms with Gasteiger partial charge in [-0.15, -0.1) is 0 Å². The lowest BCUT2D eigenvalue weighted by Gasteiger charge is -2.34. The Bertz CT molecular complexity index is 251. The normalized spacial score (nSPS) is 27.9. The summed E-state index contributed by atoms with van der Waals surface area (Å²) in [4.78, 5) is 13.7. The van der Waals surface area contributed by atoms with Gasteiger partial charge in [0.2, 0.25) is 5.91 Å². The molecule has 4 heteroatoms. The molecule has 0 spiro atoms. The van der Waals surface area contributed by atoms with Gasteiger partial charge in [-0.2, -0.15) is 0 Å². The molecule has 0 radical (unpaired) electrons. The summed E-state index contributed by atoms with van der Waals surface area (Å²) >= 11 is 0. The van der Waals surface area contributed by atoms with Gasteiger partial charge < -0.3 is 16.0 Å². The van der Waals surface area contributed by atoms with Crippen LogP contribution in [0.4, 0.5) is 0 Å². The maximum Gasteiger partial charge on any atom is 0.239 e. The Kier molecular flexibility index (Phi) is 3.82. The van der Waals surface area contributed by atoms with Gasteiger partial charge in [-0.1, -0.05) is 0 Å². The Hall–Kier alpha value is -0.610. The summed E-state index contributed by atoms with van der Waals surface area (Å²) in [5.41, 5.74) is 5.63. The Morgan fingerprint density at radius 2 is 2.25 bits per heavy atom. The van der Waals surface area contributed by atoms with Crippen molar-refractivity contribution >= 4 is 5.91 Å². The van der Waals surface area contributed by atoms with Gasteiger partial charge in [0.15, 0.2) is 0 Å². The van der Waals surface area contributed by atoms with E-state index in [2.05, 4.69) is 5.32 Å². The summed E-state index contributed by atoms with van der Waals surface area (Å²) in [5, 5.41) is 3.57. The maximum absolute atomic E-state index is 11.8. The molecule has 1 aliphatic heterocycles. The van der Waals surface area contributed by atoms with Crippen LogP contribution in [0, 0.1) is 5.92 Å². The van der Waals surface area contributed by atoms with Crippen LogP contribution in [-0.2, 0) is 4.79 Å². The Morgan fingerprint density at radius 3 is 2.88 bits per heavy atom. The third kappa shape index (κ3) is 3.19. The number of likely N-dealkylation sites (tertiary alicyclic amines) is 1. The van der Waals surface area contributed by atoms with E-state index in [9.17, 15) is 4.79 Å². The van der Waals surface area contributed by atoms with Crippen LogP contribution in [0.3, 0.4) is 0 Å². The lowest BCUT2D eigenvalue weighted by atomic mass is 10.0. The van der Waals surface area contributed by atoms with Crippen molar-refractivity contribution < 1.29 is 4.79 Å². The average Bonchev–Trinajstić information content (AvgIpc) is 3.09. The standard InChI is InChI=1S/C12H23N3O/c1-9(13)12(16)15-6-2-3-11(8-15)14-7-10-4-5-10/h9-11,14H,2-8,13H2,1H3/t9?,11-/m0/s1. The molecule has 1 saturated carbocycles. The second-order valence-corrected chi connectivity index (χ2v) is 5.26. The number of rotatable bonds is 4. The SMILES string of the molecule is CC(N)C(=O)N1CCC[C@H](NCC2CC2)C1. The molecule has 2 aliphatic rings. The highest BCUT2D eigenvalue weighted by Gasteiger charge is 2.27. The Morgan fingerprint density at radius 1 is 1.50 bits per heavy atom. The van der Waals surface area contributed by atoms with E-state index in [1.807, 2.05) is 4.90 Å². The molecule has 16 heavy (non-hydrogen) atoms. The van der Waals surface area contributed by atoms with Crippen LogP contribution in [0.5, 0.6) is 0 Å². The van der Waals surface area contributed by atoms with Crippen molar-refractivity contribution in [3.05, 3.63) is 0 Å². The molecular weight excluding hydrogens is 202 g/mol. The van der Waals surface area contributed by atoms with Crippen molar-refractivity contribution in [2.75, 3.05) is 19.6 Å². The van der Waals surface area contributed by atoms with Gasteiger partial charge in [-0.3, -0.25) is 4.79 Å². The van der Waals surface area contributed by atoms with Crippen LogP contribution in [-0.4, -0.2) is 42.5 Å². The number of nitrogens with one attached hydrogen (secondary N) is 1. The molecular formula is C12H23N3O. The van der Waals surface area contributed by atoms with Crippen molar-refractivity contribution in [3.8, 4) is 0 Å². The van der Waals surface area contributed by atoms with E-state index in [4.69, 9.17) is 5.73 Å². The first-order valence-electron chi connectivity index (χ1n) is 6.44. The molecule has 0 aromatic rings. The van der Waals surface area contributed by atoms with E-state index in [1.54, 1.807) is 6.92 Å². The van der Waals surface area contributed by atoms with E-state index < -0.39 is 0 Å². The minimum absolute atomic E-state index is 0.0953. The Balaban J connectivity index is 1.76. The van der Waals surface area contributed by atoms with Gasteiger partial charge in [-0.25, -0.2) is 0 Å². The van der Waals surface area contributed by atoms with Crippen molar-refractivity contribution in [2.45, 2.75) is 44.7 Å². The minimum atomic E-state index is -0.359. The van der Waals surface area contributed by atoms with E-state index in [-0.39, 0.29) is 11.9 Å². The molecule has 0 aromatic heterocycles. The number of hydrogen-bond donors (Lipinski definition) is 2. The molecule has 1 saturated heterocycles. The van der Waals surface area contributed by atoms with Gasteiger partial charge in [0, 0.05) is 19.1 Å². The van der Waals surface area contributed by atoms with Gasteiger partial charge in [0.05, 0.1) is 6.04 Å². The number of nitrogens with zero attached hydrogens (tertiary/aromatic N) is 1. The molecule has 0 aromatic carbocycles. The minimum Gasteiger partial charge on any atom is -0.340 e. The molecule has 2 rings (SSSR count). The predicted molar refractivity (Wildman–Crippen MR) is 64.0 cm³/mol. The van der Waals surface area contributed by atoms with Crippen molar-refractivity contribution in [3.63, 3.8) is 0 Å². The van der Waals surface area contributed by atoms with E-state index in [0.717, 1.165) is 32.0 Å². The molecule has 2 atom stereocenters. The van der Waals surface area contributed by atoms with E-state index >= 15 is 0 Å². The zero-order valence-corrected chi connectivity index (χ0v) is 10.1. The highest BCUT2D eigenvalue weighted by Crippen LogP contribution is 2.28. The lowest BCUT2D eigenvalue weighted by Crippen LogP contribution is -2.52.